The van der Waals surface area contributed by atoms with Crippen LogP contribution < -0.4 is 5.43 Å². The summed E-state index contributed by atoms with van der Waals surface area (Å²) < 4.78 is 10.5. The number of pyridine rings is 1. The summed E-state index contributed by atoms with van der Waals surface area (Å²) in [4.78, 5) is 4.57. The fourth-order valence-corrected chi connectivity index (χ4v) is 2.55. The molecule has 0 amide bonds. The quantitative estimate of drug-likeness (QED) is 0.875. The van der Waals surface area contributed by atoms with Gasteiger partial charge < -0.3 is 14.9 Å². The van der Waals surface area contributed by atoms with E-state index in [0.717, 1.165) is 29.2 Å². The first-order valence-electron chi connectivity index (χ1n) is 6.87. The molecule has 0 unspecified atom stereocenters. The molecule has 0 bridgehead atoms. The predicted octanol–water partition coefficient (Wildman–Crippen LogP) is 2.78. The van der Waals surface area contributed by atoms with Gasteiger partial charge in [0.05, 0.1) is 17.9 Å². The third-order valence-electron chi connectivity index (χ3n) is 3.55. The molecule has 0 saturated heterocycles. The van der Waals surface area contributed by atoms with Crippen LogP contribution in [0.15, 0.2) is 36.4 Å². The molecule has 5 heteroatoms. The maximum atomic E-state index is 5.27. The number of ether oxygens (including phenoxy) is 2. The van der Waals surface area contributed by atoms with Crippen LogP contribution in [0.2, 0.25) is 0 Å². The van der Waals surface area contributed by atoms with Crippen molar-refractivity contribution in [1.29, 1.82) is 0 Å². The molecule has 0 aliphatic carbocycles. The zero-order chi connectivity index (χ0) is 14.8. The molecular weight excluding hydrogens is 266 g/mol. The summed E-state index contributed by atoms with van der Waals surface area (Å²) in [6.07, 6.45) is -0.405. The summed E-state index contributed by atoms with van der Waals surface area (Å²) in [6, 6.07) is 12.4. The molecule has 21 heavy (non-hydrogen) atoms. The van der Waals surface area contributed by atoms with Gasteiger partial charge in [-0.2, -0.15) is 5.01 Å². The van der Waals surface area contributed by atoms with Gasteiger partial charge in [-0.15, -0.1) is 0 Å². The first kappa shape index (κ1) is 14.0. The number of methoxy groups -OCH3 is 2. The summed E-state index contributed by atoms with van der Waals surface area (Å²) in [6.45, 7) is 2.73. The predicted molar refractivity (Wildman–Crippen MR) is 81.4 cm³/mol. The minimum absolute atomic E-state index is 0.405. The smallest absolute Gasteiger partial charge is 0.235 e. The van der Waals surface area contributed by atoms with Crippen molar-refractivity contribution >= 4 is 5.69 Å². The summed E-state index contributed by atoms with van der Waals surface area (Å²) in [5.74, 6) is 0. The summed E-state index contributed by atoms with van der Waals surface area (Å²) in [7, 11) is 3.25. The van der Waals surface area contributed by atoms with Crippen LogP contribution in [-0.2, 0) is 16.0 Å². The van der Waals surface area contributed by atoms with Crippen LogP contribution in [0.25, 0.3) is 11.3 Å². The van der Waals surface area contributed by atoms with Gasteiger partial charge >= 0.3 is 0 Å². The first-order chi connectivity index (χ1) is 10.2. The van der Waals surface area contributed by atoms with E-state index in [1.807, 2.05) is 30.1 Å². The molecule has 2 heterocycles. The molecule has 3 rings (SSSR count). The highest BCUT2D eigenvalue weighted by Gasteiger charge is 2.25. The number of aromatic nitrogens is 1. The van der Waals surface area contributed by atoms with Gasteiger partial charge in [0, 0.05) is 25.5 Å². The SMILES string of the molecule is COC(OC)N1Cc2cc(-c3cccc(C)n3)ccc2N1. The van der Waals surface area contributed by atoms with Crippen LogP contribution in [0.3, 0.4) is 0 Å². The lowest BCUT2D eigenvalue weighted by molar-refractivity contribution is -0.188. The molecule has 1 aliphatic heterocycles. The summed E-state index contributed by atoms with van der Waals surface area (Å²) >= 11 is 0. The number of hydrogen-bond donors (Lipinski definition) is 1. The van der Waals surface area contributed by atoms with Gasteiger partial charge in [-0.1, -0.05) is 12.1 Å². The van der Waals surface area contributed by atoms with Crippen molar-refractivity contribution in [2.24, 2.45) is 0 Å². The number of hydrogen-bond acceptors (Lipinski definition) is 5. The normalized spacial score (nSPS) is 14.3. The second-order valence-corrected chi connectivity index (χ2v) is 5.05. The maximum absolute atomic E-state index is 5.27. The third kappa shape index (κ3) is 2.76. The molecule has 0 saturated carbocycles. The molecular formula is C16H19N3O2. The maximum Gasteiger partial charge on any atom is 0.235 e. The van der Waals surface area contributed by atoms with Gasteiger partial charge in [0.15, 0.2) is 0 Å². The number of hydrazine groups is 1. The van der Waals surface area contributed by atoms with Crippen molar-refractivity contribution in [3.05, 3.63) is 47.7 Å². The van der Waals surface area contributed by atoms with Gasteiger partial charge in [-0.25, -0.2) is 0 Å². The molecule has 5 nitrogen and oxygen atoms in total. The Morgan fingerprint density at radius 2 is 2.00 bits per heavy atom. The van der Waals surface area contributed by atoms with Gasteiger partial charge in [-0.3, -0.25) is 4.98 Å². The lowest BCUT2D eigenvalue weighted by Crippen LogP contribution is -2.38. The molecule has 1 aromatic carbocycles. The molecule has 1 aliphatic rings. The Bertz CT molecular complexity index is 641. The van der Waals surface area contributed by atoms with E-state index in [-0.39, 0.29) is 0 Å². The second-order valence-electron chi connectivity index (χ2n) is 5.05. The number of anilines is 1. The average molecular weight is 285 g/mol. The fourth-order valence-electron chi connectivity index (χ4n) is 2.55. The van der Waals surface area contributed by atoms with Crippen LogP contribution in [-0.4, -0.2) is 30.6 Å². The van der Waals surface area contributed by atoms with Gasteiger partial charge in [0.25, 0.3) is 0 Å². The van der Waals surface area contributed by atoms with E-state index in [0.29, 0.717) is 0 Å². The van der Waals surface area contributed by atoms with Crippen molar-refractivity contribution in [3.8, 4) is 11.3 Å². The van der Waals surface area contributed by atoms with E-state index < -0.39 is 6.41 Å². The number of fused-ring (bicyclic) bond motifs is 1. The molecule has 0 atom stereocenters. The van der Waals surface area contributed by atoms with E-state index >= 15 is 0 Å². The molecule has 1 N–H and O–H groups in total. The number of nitrogens with zero attached hydrogens (tertiary/aromatic N) is 2. The highest BCUT2D eigenvalue weighted by Crippen LogP contribution is 2.30. The molecule has 0 fully saturated rings. The average Bonchev–Trinajstić information content (AvgIpc) is 2.91. The number of rotatable bonds is 4. The molecule has 2 aromatic rings. The second kappa shape index (κ2) is 5.81. The Kier molecular flexibility index (Phi) is 3.88. The topological polar surface area (TPSA) is 46.6 Å². The van der Waals surface area contributed by atoms with Crippen LogP contribution in [0.4, 0.5) is 5.69 Å². The van der Waals surface area contributed by atoms with Crippen molar-refractivity contribution in [3.63, 3.8) is 0 Å². The summed E-state index contributed by atoms with van der Waals surface area (Å²) in [5, 5.41) is 1.91. The number of aryl methyl sites for hydroxylation is 1. The largest absolute Gasteiger partial charge is 0.342 e. The van der Waals surface area contributed by atoms with E-state index in [1.165, 1.54) is 5.56 Å². The molecule has 1 aromatic heterocycles. The Morgan fingerprint density at radius 3 is 2.71 bits per heavy atom. The zero-order valence-corrected chi connectivity index (χ0v) is 12.5. The molecule has 110 valence electrons. The fraction of sp³-hybridized carbons (Fsp3) is 0.312. The summed E-state index contributed by atoms with van der Waals surface area (Å²) in [5.41, 5.74) is 8.70. The van der Waals surface area contributed by atoms with Crippen LogP contribution >= 0.6 is 0 Å². The third-order valence-corrected chi connectivity index (χ3v) is 3.55. The number of benzene rings is 1. The zero-order valence-electron chi connectivity index (χ0n) is 12.5. The van der Waals surface area contributed by atoms with Crippen molar-refractivity contribution in [1.82, 2.24) is 9.99 Å². The van der Waals surface area contributed by atoms with E-state index in [4.69, 9.17) is 9.47 Å². The lowest BCUT2D eigenvalue weighted by Gasteiger charge is -2.24. The van der Waals surface area contributed by atoms with Crippen molar-refractivity contribution < 1.29 is 9.47 Å². The Hall–Kier alpha value is -1.95. The van der Waals surface area contributed by atoms with E-state index in [2.05, 4.69) is 28.6 Å². The first-order valence-corrected chi connectivity index (χ1v) is 6.87. The van der Waals surface area contributed by atoms with Crippen LogP contribution in [0.1, 0.15) is 11.3 Å². The van der Waals surface area contributed by atoms with Gasteiger partial charge in [0.2, 0.25) is 6.41 Å². The monoisotopic (exact) mass is 285 g/mol. The molecule has 0 radical (unpaired) electrons. The van der Waals surface area contributed by atoms with Crippen LogP contribution in [0.5, 0.6) is 0 Å². The van der Waals surface area contributed by atoms with Crippen molar-refractivity contribution in [2.45, 2.75) is 19.9 Å². The highest BCUT2D eigenvalue weighted by atomic mass is 16.7. The van der Waals surface area contributed by atoms with Crippen LogP contribution in [0, 0.1) is 6.92 Å². The minimum Gasteiger partial charge on any atom is -0.342 e. The minimum atomic E-state index is -0.405. The van der Waals surface area contributed by atoms with E-state index in [9.17, 15) is 0 Å². The highest BCUT2D eigenvalue weighted by molar-refractivity contribution is 5.67. The Morgan fingerprint density at radius 1 is 1.19 bits per heavy atom. The lowest BCUT2D eigenvalue weighted by atomic mass is 10.1. The van der Waals surface area contributed by atoms with E-state index in [1.54, 1.807) is 14.2 Å². The standard InChI is InChI=1S/C16H19N3O2/c1-11-5-4-6-14(17-11)12-7-8-15-13(9-12)10-19(18-15)16(20-2)21-3/h4-9,16,18H,10H2,1-3H3. The van der Waals surface area contributed by atoms with Gasteiger partial charge in [0.1, 0.15) is 0 Å². The van der Waals surface area contributed by atoms with Gasteiger partial charge in [-0.05, 0) is 36.8 Å². The van der Waals surface area contributed by atoms with Crippen molar-refractivity contribution in [2.75, 3.05) is 19.6 Å². The Labute approximate surface area is 124 Å². The number of nitrogens with one attached hydrogen (secondary N) is 1. The molecule has 0 spiro atoms. The Balaban J connectivity index is 1.87.